The Bertz CT molecular complexity index is 287. The van der Waals surface area contributed by atoms with Crippen LogP contribution in [-0.2, 0) is 6.61 Å². The fourth-order valence-electron chi connectivity index (χ4n) is 0.514. The average Bonchev–Trinajstić information content (AvgIpc) is 2.30. The summed E-state index contributed by atoms with van der Waals surface area (Å²) in [4.78, 5) is 13.1. The number of halogens is 1. The molecule has 0 saturated heterocycles. The predicted octanol–water partition coefficient (Wildman–Crippen LogP) is 1.31. The molecule has 1 aromatic heterocycles. The maximum atomic E-state index is 10.2. The summed E-state index contributed by atoms with van der Waals surface area (Å²) in [5.74, 6) is -0.237. The Balaban J connectivity index is 3.07. The first kappa shape index (κ1) is 8.57. The van der Waals surface area contributed by atoms with Crippen LogP contribution in [0.15, 0.2) is 3.79 Å². The molecule has 11 heavy (non-hydrogen) atoms. The molecule has 0 bridgehead atoms. The van der Waals surface area contributed by atoms with Crippen LogP contribution in [0.2, 0.25) is 0 Å². The molecule has 0 radical (unpaired) electrons. The van der Waals surface area contributed by atoms with Crippen molar-refractivity contribution in [3.8, 4) is 0 Å². The lowest BCUT2D eigenvalue weighted by molar-refractivity contribution is -0.389. The van der Waals surface area contributed by atoms with Gasteiger partial charge in [-0.25, -0.2) is 0 Å². The molecule has 0 saturated carbocycles. The van der Waals surface area contributed by atoms with Crippen LogP contribution in [0.5, 0.6) is 0 Å². The number of thiazole rings is 1. The Morgan fingerprint density at radius 2 is 2.45 bits per heavy atom. The van der Waals surface area contributed by atoms with Gasteiger partial charge in [0.2, 0.25) is 5.01 Å². The molecule has 0 amide bonds. The summed E-state index contributed by atoms with van der Waals surface area (Å²) < 4.78 is 0.339. The summed E-state index contributed by atoms with van der Waals surface area (Å²) in [6, 6.07) is 0. The maximum Gasteiger partial charge on any atom is 0.389 e. The van der Waals surface area contributed by atoms with E-state index in [-0.39, 0.29) is 12.4 Å². The van der Waals surface area contributed by atoms with Crippen LogP contribution in [0.25, 0.3) is 0 Å². The summed E-state index contributed by atoms with van der Waals surface area (Å²) in [6.45, 7) is -0.267. The van der Waals surface area contributed by atoms with Crippen LogP contribution in [0.3, 0.4) is 0 Å². The SMILES string of the molecule is O=[N+]([O-])c1nc(CO)sc1Br. The molecule has 0 aromatic carbocycles. The van der Waals surface area contributed by atoms with E-state index in [0.29, 0.717) is 8.79 Å². The Hall–Kier alpha value is -0.530. The average molecular weight is 239 g/mol. The van der Waals surface area contributed by atoms with Crippen molar-refractivity contribution in [2.24, 2.45) is 0 Å². The lowest BCUT2D eigenvalue weighted by Crippen LogP contribution is -1.89. The molecule has 60 valence electrons. The standard InChI is InChI=1S/C4H3BrN2O3S/c5-3-4(7(9)10)6-2(1-8)11-3/h8H,1H2. The van der Waals surface area contributed by atoms with Gasteiger partial charge in [-0.3, -0.25) is 0 Å². The van der Waals surface area contributed by atoms with Crippen molar-refractivity contribution in [2.75, 3.05) is 0 Å². The second kappa shape index (κ2) is 3.24. The maximum absolute atomic E-state index is 10.2. The monoisotopic (exact) mass is 238 g/mol. The van der Waals surface area contributed by atoms with E-state index in [1.807, 2.05) is 0 Å². The van der Waals surface area contributed by atoms with E-state index in [4.69, 9.17) is 5.11 Å². The highest BCUT2D eigenvalue weighted by molar-refractivity contribution is 9.11. The topological polar surface area (TPSA) is 76.3 Å². The Labute approximate surface area is 74.0 Å². The van der Waals surface area contributed by atoms with Crippen LogP contribution in [0.4, 0.5) is 5.82 Å². The molecule has 0 aliphatic rings. The fraction of sp³-hybridized carbons (Fsp3) is 0.250. The van der Waals surface area contributed by atoms with Crippen LogP contribution in [-0.4, -0.2) is 15.0 Å². The second-order valence-corrected chi connectivity index (χ2v) is 4.02. The molecular weight excluding hydrogens is 236 g/mol. The van der Waals surface area contributed by atoms with E-state index in [2.05, 4.69) is 20.9 Å². The van der Waals surface area contributed by atoms with Gasteiger partial charge in [0.25, 0.3) is 0 Å². The summed E-state index contributed by atoms with van der Waals surface area (Å²) in [6.07, 6.45) is 0. The van der Waals surface area contributed by atoms with E-state index in [0.717, 1.165) is 11.3 Å². The van der Waals surface area contributed by atoms with Gasteiger partial charge in [0.15, 0.2) is 3.79 Å². The molecule has 7 heteroatoms. The van der Waals surface area contributed by atoms with E-state index in [1.54, 1.807) is 0 Å². The van der Waals surface area contributed by atoms with Gasteiger partial charge >= 0.3 is 5.82 Å². The number of aromatic nitrogens is 1. The van der Waals surface area contributed by atoms with Gasteiger partial charge in [-0.05, 0) is 25.8 Å². The van der Waals surface area contributed by atoms with Gasteiger partial charge in [-0.1, -0.05) is 11.3 Å². The van der Waals surface area contributed by atoms with Crippen molar-refractivity contribution in [3.05, 3.63) is 18.9 Å². The largest absolute Gasteiger partial charge is 0.389 e. The first-order valence-electron chi connectivity index (χ1n) is 2.55. The highest BCUT2D eigenvalue weighted by atomic mass is 79.9. The summed E-state index contributed by atoms with van der Waals surface area (Å²) >= 11 is 4.02. The minimum absolute atomic E-state index is 0.237. The minimum Gasteiger partial charge on any atom is -0.387 e. The normalized spacial score (nSPS) is 10.0. The number of nitrogens with zero attached hydrogens (tertiary/aromatic N) is 2. The van der Waals surface area contributed by atoms with Crippen molar-refractivity contribution >= 4 is 33.1 Å². The van der Waals surface area contributed by atoms with Crippen molar-refractivity contribution < 1.29 is 10.0 Å². The quantitative estimate of drug-likeness (QED) is 0.623. The van der Waals surface area contributed by atoms with Crippen molar-refractivity contribution in [1.29, 1.82) is 0 Å². The smallest absolute Gasteiger partial charge is 0.387 e. The summed E-state index contributed by atoms with van der Waals surface area (Å²) in [5, 5.41) is 19.1. The third kappa shape index (κ3) is 1.73. The van der Waals surface area contributed by atoms with Crippen molar-refractivity contribution in [1.82, 2.24) is 4.98 Å². The van der Waals surface area contributed by atoms with Crippen molar-refractivity contribution in [2.45, 2.75) is 6.61 Å². The molecule has 0 unspecified atom stereocenters. The number of aliphatic hydroxyl groups excluding tert-OH is 1. The molecule has 1 aromatic rings. The van der Waals surface area contributed by atoms with Gasteiger partial charge in [-0.15, -0.1) is 0 Å². The molecular formula is C4H3BrN2O3S. The molecule has 5 nitrogen and oxygen atoms in total. The lowest BCUT2D eigenvalue weighted by atomic mass is 10.7. The second-order valence-electron chi connectivity index (χ2n) is 1.62. The Morgan fingerprint density at radius 3 is 2.73 bits per heavy atom. The van der Waals surface area contributed by atoms with Gasteiger partial charge in [0.1, 0.15) is 6.61 Å². The molecule has 0 fully saturated rings. The zero-order valence-corrected chi connectivity index (χ0v) is 7.55. The first-order valence-corrected chi connectivity index (χ1v) is 4.16. The van der Waals surface area contributed by atoms with E-state index in [1.165, 1.54) is 0 Å². The Morgan fingerprint density at radius 1 is 1.82 bits per heavy atom. The Kier molecular flexibility index (Phi) is 2.53. The highest BCUT2D eigenvalue weighted by Crippen LogP contribution is 2.30. The molecule has 0 aliphatic carbocycles. The van der Waals surface area contributed by atoms with Crippen LogP contribution < -0.4 is 0 Å². The summed E-state index contributed by atoms with van der Waals surface area (Å²) in [5.41, 5.74) is 0. The number of hydrogen-bond acceptors (Lipinski definition) is 5. The van der Waals surface area contributed by atoms with E-state index >= 15 is 0 Å². The van der Waals surface area contributed by atoms with E-state index < -0.39 is 4.92 Å². The summed E-state index contributed by atoms with van der Waals surface area (Å²) in [7, 11) is 0. The third-order valence-corrected chi connectivity index (χ3v) is 2.58. The number of aliphatic hydroxyl groups is 1. The number of nitro groups is 1. The first-order chi connectivity index (χ1) is 5.15. The molecule has 0 atom stereocenters. The van der Waals surface area contributed by atoms with Gasteiger partial charge in [0, 0.05) is 0 Å². The van der Waals surface area contributed by atoms with Crippen LogP contribution in [0.1, 0.15) is 5.01 Å². The zero-order valence-electron chi connectivity index (χ0n) is 5.15. The highest BCUT2D eigenvalue weighted by Gasteiger charge is 2.19. The van der Waals surface area contributed by atoms with Crippen molar-refractivity contribution in [3.63, 3.8) is 0 Å². The minimum atomic E-state index is -0.597. The molecule has 0 aliphatic heterocycles. The van der Waals surface area contributed by atoms with Gasteiger partial charge in [-0.2, -0.15) is 0 Å². The van der Waals surface area contributed by atoms with Gasteiger partial charge in [0.05, 0.1) is 0 Å². The number of hydrogen-bond donors (Lipinski definition) is 1. The molecule has 1 rings (SSSR count). The van der Waals surface area contributed by atoms with E-state index in [9.17, 15) is 10.1 Å². The van der Waals surface area contributed by atoms with Crippen LogP contribution >= 0.6 is 27.3 Å². The third-order valence-electron chi connectivity index (χ3n) is 0.922. The molecule has 1 N–H and O–H groups in total. The number of rotatable bonds is 2. The van der Waals surface area contributed by atoms with Crippen LogP contribution in [0, 0.1) is 10.1 Å². The molecule has 1 heterocycles. The molecule has 0 spiro atoms. The fourth-order valence-corrected chi connectivity index (χ4v) is 1.92. The zero-order chi connectivity index (χ0) is 8.43. The predicted molar refractivity (Wildman–Crippen MR) is 42.4 cm³/mol. The van der Waals surface area contributed by atoms with Gasteiger partial charge < -0.3 is 15.2 Å². The lowest BCUT2D eigenvalue weighted by Gasteiger charge is -1.84.